The molecule has 0 spiro atoms. The average molecular weight is 700 g/mol. The lowest BCUT2D eigenvalue weighted by atomic mass is 9.90. The van der Waals surface area contributed by atoms with E-state index in [0.717, 1.165) is 59.2 Å². The molecule has 11 nitrogen and oxygen atoms in total. The predicted octanol–water partition coefficient (Wildman–Crippen LogP) is 7.58. The molecule has 5 aromatic rings. The normalized spacial score (nSPS) is 17.0. The Morgan fingerprint density at radius 2 is 1.72 bits per heavy atom. The maximum absolute atomic E-state index is 12.7. The van der Waals surface area contributed by atoms with Gasteiger partial charge in [-0.3, -0.25) is 9.58 Å². The molecule has 7 rings (SSSR count). The SMILES string of the molecule is COC(=O)N1CC(N2CCC(c3nn(C)c4ccc(-c5nc6cc(C)c(C(OC(C)(C)C)C(=O)O)c(-c7ccc(Cl)cc7)c6o5)cc34)CC2)C1. The fourth-order valence-electron chi connectivity index (χ4n) is 7.39. The van der Waals surface area contributed by atoms with Crippen LogP contribution in [0.3, 0.4) is 0 Å². The van der Waals surface area contributed by atoms with Crippen molar-refractivity contribution in [2.75, 3.05) is 33.3 Å². The summed E-state index contributed by atoms with van der Waals surface area (Å²) in [7, 11) is 3.39. The maximum atomic E-state index is 12.7. The first-order valence-electron chi connectivity index (χ1n) is 17.0. The molecule has 262 valence electrons. The molecule has 50 heavy (non-hydrogen) atoms. The molecule has 2 aliphatic heterocycles. The lowest BCUT2D eigenvalue weighted by Gasteiger charge is -2.46. The second-order valence-corrected chi connectivity index (χ2v) is 14.8. The number of rotatable bonds is 7. The highest BCUT2D eigenvalue weighted by atomic mass is 35.5. The third kappa shape index (κ3) is 6.34. The van der Waals surface area contributed by atoms with Crippen LogP contribution in [0, 0.1) is 6.92 Å². The number of ether oxygens (including phenoxy) is 2. The summed E-state index contributed by atoms with van der Waals surface area (Å²) in [5.41, 5.74) is 5.89. The van der Waals surface area contributed by atoms with Crippen LogP contribution in [-0.4, -0.2) is 86.7 Å². The highest BCUT2D eigenvalue weighted by Crippen LogP contribution is 2.43. The molecule has 4 heterocycles. The predicted molar refractivity (Wildman–Crippen MR) is 191 cm³/mol. The fourth-order valence-corrected chi connectivity index (χ4v) is 7.52. The van der Waals surface area contributed by atoms with Crippen LogP contribution in [0.4, 0.5) is 4.79 Å². The van der Waals surface area contributed by atoms with Crippen LogP contribution in [0.15, 0.2) is 52.9 Å². The van der Waals surface area contributed by atoms with Gasteiger partial charge >= 0.3 is 12.1 Å². The molecule has 1 atom stereocenters. The van der Waals surface area contributed by atoms with Gasteiger partial charge in [-0.15, -0.1) is 0 Å². The standard InChI is InChI=1S/C38H42ClN5O6/c1-21-17-28-33(31(22-7-10-25(39)11-8-22)30(21)34(36(45)46)50-38(2,3)4)49-35(40-28)24-9-12-29-27(18-24)32(41-42(29)5)23-13-15-43(16-14-23)26-19-44(20-26)37(47)48-6/h7-12,17-18,23,26,34H,13-16,19-20H2,1-6H3,(H,45,46). The summed E-state index contributed by atoms with van der Waals surface area (Å²) in [6, 6.07) is 15.7. The Morgan fingerprint density at radius 3 is 2.36 bits per heavy atom. The van der Waals surface area contributed by atoms with Crippen LogP contribution in [-0.2, 0) is 21.3 Å². The second-order valence-electron chi connectivity index (χ2n) is 14.4. The number of carbonyl (C=O) groups is 2. The Kier molecular flexibility index (Phi) is 8.86. The number of oxazole rings is 1. The van der Waals surface area contributed by atoms with Crippen molar-refractivity contribution in [2.24, 2.45) is 7.05 Å². The number of hydrogen-bond donors (Lipinski definition) is 1. The number of benzene rings is 3. The lowest BCUT2D eigenvalue weighted by Crippen LogP contribution is -2.62. The highest BCUT2D eigenvalue weighted by Gasteiger charge is 2.38. The van der Waals surface area contributed by atoms with E-state index < -0.39 is 17.7 Å². The number of halogens is 1. The molecule has 2 aromatic heterocycles. The van der Waals surface area contributed by atoms with Crippen molar-refractivity contribution in [2.45, 2.75) is 64.2 Å². The number of aryl methyl sites for hydroxylation is 2. The van der Waals surface area contributed by atoms with E-state index in [2.05, 4.69) is 17.0 Å². The molecule has 2 aliphatic rings. The van der Waals surface area contributed by atoms with Crippen LogP contribution in [0.1, 0.15) is 62.5 Å². The summed E-state index contributed by atoms with van der Waals surface area (Å²) in [5, 5.41) is 17.0. The van der Waals surface area contributed by atoms with Gasteiger partial charge in [-0.05, 0) is 101 Å². The Bertz CT molecular complexity index is 2080. The van der Waals surface area contributed by atoms with E-state index in [0.29, 0.717) is 58.2 Å². The third-order valence-corrected chi connectivity index (χ3v) is 10.1. The van der Waals surface area contributed by atoms with Gasteiger partial charge in [-0.25, -0.2) is 14.6 Å². The van der Waals surface area contributed by atoms with Crippen LogP contribution in [0.25, 0.3) is 44.6 Å². The number of piperidine rings is 1. The molecule has 1 N–H and O–H groups in total. The number of fused-ring (bicyclic) bond motifs is 2. The quantitative estimate of drug-likeness (QED) is 0.183. The molecule has 0 bridgehead atoms. The van der Waals surface area contributed by atoms with Crippen LogP contribution in [0.2, 0.25) is 5.02 Å². The van der Waals surface area contributed by atoms with E-state index in [1.54, 1.807) is 17.0 Å². The molecule has 3 aromatic carbocycles. The molecule has 0 saturated carbocycles. The molecular weight excluding hydrogens is 658 g/mol. The molecule has 2 saturated heterocycles. The number of aromatic nitrogens is 3. The Balaban J connectivity index is 1.25. The largest absolute Gasteiger partial charge is 0.479 e. The van der Waals surface area contributed by atoms with Gasteiger partial charge in [-0.1, -0.05) is 23.7 Å². The Hall–Kier alpha value is -4.45. The molecular formula is C38H42ClN5O6. The molecule has 2 fully saturated rings. The first-order chi connectivity index (χ1) is 23.8. The minimum Gasteiger partial charge on any atom is -0.479 e. The van der Waals surface area contributed by atoms with Crippen molar-refractivity contribution in [3.63, 3.8) is 0 Å². The molecule has 0 radical (unpaired) electrons. The van der Waals surface area contributed by atoms with Gasteiger partial charge in [0.2, 0.25) is 5.89 Å². The smallest absolute Gasteiger partial charge is 0.409 e. The first kappa shape index (κ1) is 34.0. The van der Waals surface area contributed by atoms with Crippen molar-refractivity contribution < 1.29 is 28.6 Å². The zero-order chi connectivity index (χ0) is 35.5. The summed E-state index contributed by atoms with van der Waals surface area (Å²) in [4.78, 5) is 33.7. The third-order valence-electron chi connectivity index (χ3n) is 9.87. The van der Waals surface area contributed by atoms with Gasteiger partial charge in [0, 0.05) is 59.2 Å². The van der Waals surface area contributed by atoms with E-state index in [9.17, 15) is 14.7 Å². The number of nitrogens with zero attached hydrogens (tertiary/aromatic N) is 5. The zero-order valence-corrected chi connectivity index (χ0v) is 30.0. The van der Waals surface area contributed by atoms with E-state index >= 15 is 0 Å². The summed E-state index contributed by atoms with van der Waals surface area (Å²) < 4.78 is 19.5. The molecule has 1 amide bonds. The number of methoxy groups -OCH3 is 1. The fraction of sp³-hybridized carbons (Fsp3) is 0.421. The number of carbonyl (C=O) groups excluding carboxylic acids is 1. The van der Waals surface area contributed by atoms with Crippen molar-refractivity contribution in [3.05, 3.63) is 70.4 Å². The zero-order valence-electron chi connectivity index (χ0n) is 29.2. The topological polar surface area (TPSA) is 123 Å². The van der Waals surface area contributed by atoms with Gasteiger partial charge in [0.05, 0.1) is 23.9 Å². The van der Waals surface area contributed by atoms with E-state index in [1.807, 2.05) is 63.7 Å². The number of likely N-dealkylation sites (tertiary alicyclic amines) is 2. The Labute approximate surface area is 295 Å². The second kappa shape index (κ2) is 13.0. The van der Waals surface area contributed by atoms with E-state index in [4.69, 9.17) is 35.6 Å². The number of hydrogen-bond acceptors (Lipinski definition) is 8. The van der Waals surface area contributed by atoms with Crippen LogP contribution < -0.4 is 0 Å². The summed E-state index contributed by atoms with van der Waals surface area (Å²) in [6.07, 6.45) is 0.445. The lowest BCUT2D eigenvalue weighted by molar-refractivity contribution is -0.160. The monoisotopic (exact) mass is 699 g/mol. The summed E-state index contributed by atoms with van der Waals surface area (Å²) >= 11 is 6.26. The van der Waals surface area contributed by atoms with E-state index in [-0.39, 0.29) is 6.09 Å². The van der Waals surface area contributed by atoms with Crippen molar-refractivity contribution >= 4 is 45.7 Å². The number of aliphatic carboxylic acids is 1. The molecule has 1 unspecified atom stereocenters. The van der Waals surface area contributed by atoms with Crippen molar-refractivity contribution in [1.82, 2.24) is 24.6 Å². The van der Waals surface area contributed by atoms with Gasteiger partial charge in [0.15, 0.2) is 11.7 Å². The Morgan fingerprint density at radius 1 is 1.04 bits per heavy atom. The average Bonchev–Trinajstić information content (AvgIpc) is 3.63. The van der Waals surface area contributed by atoms with Crippen molar-refractivity contribution in [3.8, 4) is 22.6 Å². The summed E-state index contributed by atoms with van der Waals surface area (Å²) in [6.45, 7) is 10.7. The van der Waals surface area contributed by atoms with E-state index in [1.165, 1.54) is 7.11 Å². The van der Waals surface area contributed by atoms with Gasteiger partial charge in [0.25, 0.3) is 0 Å². The van der Waals surface area contributed by atoms with Gasteiger partial charge in [-0.2, -0.15) is 5.10 Å². The van der Waals surface area contributed by atoms with Crippen LogP contribution in [0.5, 0.6) is 0 Å². The van der Waals surface area contributed by atoms with Crippen LogP contribution >= 0.6 is 11.6 Å². The maximum Gasteiger partial charge on any atom is 0.409 e. The molecule has 0 aliphatic carbocycles. The first-order valence-corrected chi connectivity index (χ1v) is 17.3. The van der Waals surface area contributed by atoms with Gasteiger partial charge in [0.1, 0.15) is 5.52 Å². The minimum atomic E-state index is -1.24. The number of amides is 1. The number of carboxylic acid groups (broad SMARTS) is 1. The molecule has 12 heteroatoms. The number of carboxylic acids is 1. The summed E-state index contributed by atoms with van der Waals surface area (Å²) in [5.74, 6) is -0.362. The van der Waals surface area contributed by atoms with Gasteiger partial charge < -0.3 is 23.9 Å². The van der Waals surface area contributed by atoms with Crippen molar-refractivity contribution in [1.29, 1.82) is 0 Å². The minimum absolute atomic E-state index is 0.262. The highest BCUT2D eigenvalue weighted by molar-refractivity contribution is 6.30.